The topological polar surface area (TPSA) is 15.3 Å². The molecule has 1 aliphatic heterocycles. The maximum absolute atomic E-state index is 3.75. The predicted octanol–water partition coefficient (Wildman–Crippen LogP) is 1.32. The van der Waals surface area contributed by atoms with Gasteiger partial charge in [0.15, 0.2) is 0 Å². The van der Waals surface area contributed by atoms with E-state index < -0.39 is 0 Å². The first-order valence-electron chi connectivity index (χ1n) is 6.23. The van der Waals surface area contributed by atoms with Gasteiger partial charge >= 0.3 is 0 Å². The number of hydrogen-bond donors (Lipinski definition) is 1. The van der Waals surface area contributed by atoms with E-state index in [2.05, 4.69) is 24.1 Å². The normalized spacial score (nSPS) is 41.8. The molecule has 80 valence electrons. The predicted molar refractivity (Wildman–Crippen MR) is 58.2 cm³/mol. The lowest BCUT2D eigenvalue weighted by Crippen LogP contribution is -2.35. The number of likely N-dealkylation sites (tertiary alicyclic amines) is 1. The molecule has 1 saturated heterocycles. The summed E-state index contributed by atoms with van der Waals surface area (Å²) in [6.45, 7) is 8.64. The molecule has 1 N–H and O–H groups in total. The Morgan fingerprint density at radius 3 is 2.36 bits per heavy atom. The second-order valence-electron chi connectivity index (χ2n) is 5.75. The third-order valence-corrected chi connectivity index (χ3v) is 4.29. The first-order chi connectivity index (χ1) is 6.75. The van der Waals surface area contributed by atoms with E-state index in [1.165, 1.54) is 32.5 Å². The highest BCUT2D eigenvalue weighted by atomic mass is 15.2. The van der Waals surface area contributed by atoms with Crippen molar-refractivity contribution in [2.45, 2.75) is 38.8 Å². The van der Waals surface area contributed by atoms with Gasteiger partial charge in [-0.1, -0.05) is 0 Å². The van der Waals surface area contributed by atoms with Gasteiger partial charge in [-0.25, -0.2) is 0 Å². The van der Waals surface area contributed by atoms with Crippen LogP contribution in [-0.4, -0.2) is 36.6 Å². The molecule has 2 saturated carbocycles. The van der Waals surface area contributed by atoms with Crippen LogP contribution in [0.5, 0.6) is 0 Å². The molecule has 0 radical (unpaired) electrons. The summed E-state index contributed by atoms with van der Waals surface area (Å²) < 4.78 is 0. The third-order valence-electron chi connectivity index (χ3n) is 4.29. The zero-order chi connectivity index (χ0) is 9.71. The van der Waals surface area contributed by atoms with E-state index in [9.17, 15) is 0 Å². The summed E-state index contributed by atoms with van der Waals surface area (Å²) in [5.41, 5.74) is 0. The van der Waals surface area contributed by atoms with Crippen LogP contribution < -0.4 is 5.32 Å². The van der Waals surface area contributed by atoms with Crippen LogP contribution in [0.1, 0.15) is 26.7 Å². The Balaban J connectivity index is 1.42. The number of hydrogen-bond acceptors (Lipinski definition) is 2. The van der Waals surface area contributed by atoms with Crippen molar-refractivity contribution >= 4 is 0 Å². The van der Waals surface area contributed by atoms with Gasteiger partial charge in [-0.15, -0.1) is 0 Å². The van der Waals surface area contributed by atoms with Gasteiger partial charge in [0, 0.05) is 25.2 Å². The van der Waals surface area contributed by atoms with Crippen LogP contribution in [-0.2, 0) is 0 Å². The fourth-order valence-electron chi connectivity index (χ4n) is 2.91. The third kappa shape index (κ3) is 1.59. The first-order valence-corrected chi connectivity index (χ1v) is 6.23. The molecule has 3 aliphatic rings. The molecule has 2 heteroatoms. The maximum atomic E-state index is 3.75. The summed E-state index contributed by atoms with van der Waals surface area (Å²) in [4.78, 5) is 2.63. The highest BCUT2D eigenvalue weighted by Gasteiger charge is 2.55. The monoisotopic (exact) mass is 194 g/mol. The van der Waals surface area contributed by atoms with Crippen molar-refractivity contribution in [3.63, 3.8) is 0 Å². The van der Waals surface area contributed by atoms with Gasteiger partial charge in [-0.05, 0) is 51.0 Å². The minimum atomic E-state index is 0.756. The summed E-state index contributed by atoms with van der Waals surface area (Å²) in [7, 11) is 0. The van der Waals surface area contributed by atoms with Crippen LogP contribution in [0.25, 0.3) is 0 Å². The molecule has 14 heavy (non-hydrogen) atoms. The van der Waals surface area contributed by atoms with Gasteiger partial charge in [0.1, 0.15) is 0 Å². The SMILES string of the molecule is CC(C)N1CC2C(C1)C2NCC1CC1. The van der Waals surface area contributed by atoms with Gasteiger partial charge in [-0.2, -0.15) is 0 Å². The lowest BCUT2D eigenvalue weighted by atomic mass is 10.3. The van der Waals surface area contributed by atoms with Crippen LogP contribution in [0.3, 0.4) is 0 Å². The largest absolute Gasteiger partial charge is 0.313 e. The number of piperidine rings is 1. The van der Waals surface area contributed by atoms with Gasteiger partial charge < -0.3 is 10.2 Å². The van der Waals surface area contributed by atoms with E-state index in [4.69, 9.17) is 0 Å². The average molecular weight is 194 g/mol. The number of nitrogens with zero attached hydrogens (tertiary/aromatic N) is 1. The number of rotatable bonds is 4. The average Bonchev–Trinajstić information content (AvgIpc) is 3.02. The second kappa shape index (κ2) is 3.21. The molecular formula is C12H22N2. The minimum Gasteiger partial charge on any atom is -0.313 e. The van der Waals surface area contributed by atoms with Crippen molar-refractivity contribution in [3.05, 3.63) is 0 Å². The van der Waals surface area contributed by atoms with Crippen molar-refractivity contribution in [1.29, 1.82) is 0 Å². The smallest absolute Gasteiger partial charge is 0.0156 e. The van der Waals surface area contributed by atoms with Crippen LogP contribution in [0, 0.1) is 17.8 Å². The van der Waals surface area contributed by atoms with Gasteiger partial charge in [-0.3, -0.25) is 0 Å². The van der Waals surface area contributed by atoms with E-state index in [0.29, 0.717) is 0 Å². The van der Waals surface area contributed by atoms with Crippen LogP contribution >= 0.6 is 0 Å². The van der Waals surface area contributed by atoms with Gasteiger partial charge in [0.05, 0.1) is 0 Å². The Kier molecular flexibility index (Phi) is 2.10. The Hall–Kier alpha value is -0.0800. The van der Waals surface area contributed by atoms with Crippen molar-refractivity contribution in [2.75, 3.05) is 19.6 Å². The summed E-state index contributed by atoms with van der Waals surface area (Å²) in [6, 6.07) is 1.65. The molecule has 1 heterocycles. The fraction of sp³-hybridized carbons (Fsp3) is 1.00. The molecule has 3 fully saturated rings. The molecule has 0 aromatic carbocycles. The molecule has 2 nitrogen and oxygen atoms in total. The Morgan fingerprint density at radius 1 is 1.21 bits per heavy atom. The molecule has 2 atom stereocenters. The second-order valence-corrected chi connectivity index (χ2v) is 5.75. The minimum absolute atomic E-state index is 0.756. The zero-order valence-electron chi connectivity index (χ0n) is 9.37. The van der Waals surface area contributed by atoms with Crippen molar-refractivity contribution in [1.82, 2.24) is 10.2 Å². The Labute approximate surface area is 87.0 Å². The molecule has 2 unspecified atom stereocenters. The molecule has 0 aromatic rings. The van der Waals surface area contributed by atoms with E-state index in [0.717, 1.165) is 29.8 Å². The lowest BCUT2D eigenvalue weighted by Gasteiger charge is -2.23. The van der Waals surface area contributed by atoms with E-state index in [1.807, 2.05) is 0 Å². The van der Waals surface area contributed by atoms with Crippen molar-refractivity contribution in [3.8, 4) is 0 Å². The highest BCUT2D eigenvalue weighted by Crippen LogP contribution is 2.46. The van der Waals surface area contributed by atoms with Gasteiger partial charge in [0.25, 0.3) is 0 Å². The summed E-state index contributed by atoms with van der Waals surface area (Å²) in [5.74, 6) is 3.03. The first kappa shape index (κ1) is 9.17. The maximum Gasteiger partial charge on any atom is 0.0156 e. The number of nitrogens with one attached hydrogen (secondary N) is 1. The highest BCUT2D eigenvalue weighted by molar-refractivity contribution is 5.10. The van der Waals surface area contributed by atoms with Gasteiger partial charge in [0.2, 0.25) is 0 Å². The molecule has 0 aromatic heterocycles. The Morgan fingerprint density at radius 2 is 1.86 bits per heavy atom. The molecule has 3 rings (SSSR count). The summed E-state index contributed by atoms with van der Waals surface area (Å²) >= 11 is 0. The van der Waals surface area contributed by atoms with Crippen LogP contribution in [0.15, 0.2) is 0 Å². The Bertz CT molecular complexity index is 204. The van der Waals surface area contributed by atoms with E-state index in [1.54, 1.807) is 0 Å². The van der Waals surface area contributed by atoms with E-state index in [-0.39, 0.29) is 0 Å². The lowest BCUT2D eigenvalue weighted by molar-refractivity contribution is 0.237. The van der Waals surface area contributed by atoms with Crippen molar-refractivity contribution in [2.24, 2.45) is 17.8 Å². The quantitative estimate of drug-likeness (QED) is 0.726. The molecular weight excluding hydrogens is 172 g/mol. The number of fused-ring (bicyclic) bond motifs is 1. The van der Waals surface area contributed by atoms with Crippen molar-refractivity contribution < 1.29 is 0 Å². The summed E-state index contributed by atoms with van der Waals surface area (Å²) in [5, 5.41) is 3.75. The van der Waals surface area contributed by atoms with E-state index >= 15 is 0 Å². The molecule has 0 spiro atoms. The fourth-order valence-corrected chi connectivity index (χ4v) is 2.91. The zero-order valence-corrected chi connectivity index (χ0v) is 9.37. The standard InChI is InChI=1S/C12H22N2/c1-8(2)14-6-10-11(7-14)12(10)13-5-9-3-4-9/h8-13H,3-7H2,1-2H3. The summed E-state index contributed by atoms with van der Waals surface area (Å²) in [6.07, 6.45) is 2.96. The molecule has 2 aliphatic carbocycles. The molecule has 0 amide bonds. The van der Waals surface area contributed by atoms with Crippen LogP contribution in [0.4, 0.5) is 0 Å². The van der Waals surface area contributed by atoms with Crippen LogP contribution in [0.2, 0.25) is 0 Å². The molecule has 0 bridgehead atoms.